The van der Waals surface area contributed by atoms with E-state index in [0.29, 0.717) is 5.75 Å². The third-order valence-corrected chi connectivity index (χ3v) is 1.51. The van der Waals surface area contributed by atoms with Crippen LogP contribution in [-0.4, -0.2) is 24.2 Å². The zero-order chi connectivity index (χ0) is 8.97. The molecule has 0 aliphatic rings. The summed E-state index contributed by atoms with van der Waals surface area (Å²) in [7, 11) is 3.87. The predicted octanol–water partition coefficient (Wildman–Crippen LogP) is 0.958. The summed E-state index contributed by atoms with van der Waals surface area (Å²) in [5, 5.41) is 11.0. The lowest BCUT2D eigenvalue weighted by molar-refractivity contribution is 0.286. The molecular weight excluding hydrogens is 152 g/mol. The van der Waals surface area contributed by atoms with E-state index in [9.17, 15) is 0 Å². The van der Waals surface area contributed by atoms with Gasteiger partial charge in [0.2, 0.25) is 0 Å². The number of benzene rings is 1. The summed E-state index contributed by atoms with van der Waals surface area (Å²) in [6.07, 6.45) is 0. The normalized spacial score (nSPS) is 10.6. The molecule has 2 N–H and O–H groups in total. The van der Waals surface area contributed by atoms with Crippen LogP contribution in [0.5, 0.6) is 5.75 Å². The van der Waals surface area contributed by atoms with Crippen molar-refractivity contribution < 1.29 is 5.11 Å². The lowest BCUT2D eigenvalue weighted by Crippen LogP contribution is -2.29. The summed E-state index contributed by atoms with van der Waals surface area (Å²) >= 11 is 0. The van der Waals surface area contributed by atoms with Crippen molar-refractivity contribution in [2.45, 2.75) is 6.54 Å². The summed E-state index contributed by atoms with van der Waals surface area (Å²) in [6, 6.07) is 7.22. The van der Waals surface area contributed by atoms with E-state index in [1.807, 2.05) is 31.2 Å². The van der Waals surface area contributed by atoms with Gasteiger partial charge in [-0.3, -0.25) is 10.4 Å². The molecule has 0 aliphatic carbocycles. The second-order valence-corrected chi connectivity index (χ2v) is 2.90. The standard InChI is InChI=1S/C9H14N2O/c1-11(2)10-7-8-4-3-5-9(12)6-8/h3-6,10,12H,7H2,1-2H3. The Hall–Kier alpha value is -1.06. The maximum Gasteiger partial charge on any atom is 0.115 e. The molecule has 0 amide bonds. The number of hydrogen-bond acceptors (Lipinski definition) is 3. The van der Waals surface area contributed by atoms with E-state index in [0.717, 1.165) is 12.1 Å². The number of phenols is 1. The number of nitrogens with zero attached hydrogens (tertiary/aromatic N) is 1. The number of hydrazine groups is 1. The van der Waals surface area contributed by atoms with Gasteiger partial charge in [-0.25, -0.2) is 0 Å². The monoisotopic (exact) mass is 166 g/mol. The van der Waals surface area contributed by atoms with Crippen molar-refractivity contribution in [2.75, 3.05) is 14.1 Å². The van der Waals surface area contributed by atoms with Crippen molar-refractivity contribution in [2.24, 2.45) is 0 Å². The Balaban J connectivity index is 2.52. The minimum Gasteiger partial charge on any atom is -0.508 e. The van der Waals surface area contributed by atoms with Crippen LogP contribution < -0.4 is 5.43 Å². The van der Waals surface area contributed by atoms with Crippen LogP contribution >= 0.6 is 0 Å². The Labute approximate surface area is 72.6 Å². The third kappa shape index (κ3) is 2.90. The van der Waals surface area contributed by atoms with Gasteiger partial charge in [0.1, 0.15) is 5.75 Å². The van der Waals surface area contributed by atoms with Gasteiger partial charge in [-0.1, -0.05) is 12.1 Å². The summed E-state index contributed by atoms with van der Waals surface area (Å²) in [5.74, 6) is 0.313. The van der Waals surface area contributed by atoms with Gasteiger partial charge in [-0.05, 0) is 17.7 Å². The van der Waals surface area contributed by atoms with Crippen LogP contribution in [0, 0.1) is 0 Å². The molecule has 0 heterocycles. The molecule has 1 aromatic rings. The minimum atomic E-state index is 0.313. The zero-order valence-electron chi connectivity index (χ0n) is 7.41. The van der Waals surface area contributed by atoms with Crippen molar-refractivity contribution in [3.05, 3.63) is 29.8 Å². The van der Waals surface area contributed by atoms with Gasteiger partial charge in [0.15, 0.2) is 0 Å². The minimum absolute atomic E-state index is 0.313. The Morgan fingerprint density at radius 3 is 2.75 bits per heavy atom. The fourth-order valence-electron chi connectivity index (χ4n) is 0.916. The molecule has 0 fully saturated rings. The van der Waals surface area contributed by atoms with Crippen molar-refractivity contribution in [1.29, 1.82) is 0 Å². The number of phenolic OH excluding ortho intramolecular Hbond substituents is 1. The highest BCUT2D eigenvalue weighted by molar-refractivity contribution is 5.26. The smallest absolute Gasteiger partial charge is 0.115 e. The van der Waals surface area contributed by atoms with Crippen LogP contribution in [0.2, 0.25) is 0 Å². The summed E-state index contributed by atoms with van der Waals surface area (Å²) in [6.45, 7) is 0.738. The van der Waals surface area contributed by atoms with E-state index in [4.69, 9.17) is 5.11 Å². The Morgan fingerprint density at radius 1 is 1.42 bits per heavy atom. The van der Waals surface area contributed by atoms with E-state index in [1.165, 1.54) is 0 Å². The number of nitrogens with one attached hydrogen (secondary N) is 1. The van der Waals surface area contributed by atoms with E-state index in [1.54, 1.807) is 12.1 Å². The fourth-order valence-corrected chi connectivity index (χ4v) is 0.916. The molecule has 3 nitrogen and oxygen atoms in total. The summed E-state index contributed by atoms with van der Waals surface area (Å²) < 4.78 is 0. The Bertz CT molecular complexity index is 248. The van der Waals surface area contributed by atoms with Gasteiger partial charge < -0.3 is 5.11 Å². The highest BCUT2D eigenvalue weighted by Crippen LogP contribution is 2.10. The van der Waals surface area contributed by atoms with E-state index in [-0.39, 0.29) is 0 Å². The highest BCUT2D eigenvalue weighted by Gasteiger charge is 1.93. The zero-order valence-corrected chi connectivity index (χ0v) is 7.41. The predicted molar refractivity (Wildman–Crippen MR) is 48.6 cm³/mol. The average molecular weight is 166 g/mol. The SMILES string of the molecule is CN(C)NCc1cccc(O)c1. The van der Waals surface area contributed by atoms with Crippen LogP contribution in [-0.2, 0) is 6.54 Å². The second kappa shape index (κ2) is 4.09. The van der Waals surface area contributed by atoms with Crippen molar-refractivity contribution in [3.63, 3.8) is 0 Å². The van der Waals surface area contributed by atoms with Crippen molar-refractivity contribution in [3.8, 4) is 5.75 Å². The molecule has 0 saturated heterocycles. The molecule has 0 aromatic heterocycles. The summed E-state index contributed by atoms with van der Waals surface area (Å²) in [5.41, 5.74) is 4.18. The molecule has 0 unspecified atom stereocenters. The van der Waals surface area contributed by atoms with E-state index < -0.39 is 0 Å². The average Bonchev–Trinajstić information content (AvgIpc) is 2.01. The van der Waals surface area contributed by atoms with Gasteiger partial charge in [0.25, 0.3) is 0 Å². The van der Waals surface area contributed by atoms with Gasteiger partial charge in [0, 0.05) is 20.6 Å². The molecule has 3 heteroatoms. The van der Waals surface area contributed by atoms with Crippen LogP contribution in [0.1, 0.15) is 5.56 Å². The number of rotatable bonds is 3. The third-order valence-electron chi connectivity index (χ3n) is 1.51. The molecular formula is C9H14N2O. The molecule has 0 atom stereocenters. The quantitative estimate of drug-likeness (QED) is 0.656. The van der Waals surface area contributed by atoms with Gasteiger partial charge in [-0.15, -0.1) is 0 Å². The molecule has 0 spiro atoms. The first-order valence-corrected chi connectivity index (χ1v) is 3.87. The lowest BCUT2D eigenvalue weighted by atomic mass is 10.2. The van der Waals surface area contributed by atoms with Crippen molar-refractivity contribution in [1.82, 2.24) is 10.4 Å². The molecule has 1 rings (SSSR count). The number of hydrogen-bond donors (Lipinski definition) is 2. The number of aromatic hydroxyl groups is 1. The second-order valence-electron chi connectivity index (χ2n) is 2.90. The molecule has 0 saturated carbocycles. The lowest BCUT2D eigenvalue weighted by Gasteiger charge is -2.11. The van der Waals surface area contributed by atoms with Crippen LogP contribution in [0.25, 0.3) is 0 Å². The molecule has 0 aliphatic heterocycles. The maximum absolute atomic E-state index is 9.14. The van der Waals surface area contributed by atoms with Gasteiger partial charge in [0.05, 0.1) is 0 Å². The van der Waals surface area contributed by atoms with Crippen LogP contribution in [0.15, 0.2) is 24.3 Å². The van der Waals surface area contributed by atoms with Crippen LogP contribution in [0.4, 0.5) is 0 Å². The molecule has 0 radical (unpaired) electrons. The van der Waals surface area contributed by atoms with Crippen LogP contribution in [0.3, 0.4) is 0 Å². The van der Waals surface area contributed by atoms with E-state index >= 15 is 0 Å². The Kier molecular flexibility index (Phi) is 3.08. The van der Waals surface area contributed by atoms with Gasteiger partial charge in [-0.2, -0.15) is 0 Å². The largest absolute Gasteiger partial charge is 0.508 e. The highest BCUT2D eigenvalue weighted by atomic mass is 16.3. The van der Waals surface area contributed by atoms with Crippen molar-refractivity contribution >= 4 is 0 Å². The maximum atomic E-state index is 9.14. The van der Waals surface area contributed by atoms with Gasteiger partial charge >= 0.3 is 0 Å². The first-order chi connectivity index (χ1) is 5.68. The molecule has 12 heavy (non-hydrogen) atoms. The molecule has 1 aromatic carbocycles. The Morgan fingerprint density at radius 2 is 2.17 bits per heavy atom. The first kappa shape index (κ1) is 9.03. The summed E-state index contributed by atoms with van der Waals surface area (Å²) in [4.78, 5) is 0. The first-order valence-electron chi connectivity index (χ1n) is 3.87. The topological polar surface area (TPSA) is 35.5 Å². The molecule has 66 valence electrons. The fraction of sp³-hybridized carbons (Fsp3) is 0.333. The van der Waals surface area contributed by atoms with E-state index in [2.05, 4.69) is 5.43 Å². The molecule has 0 bridgehead atoms.